The van der Waals surface area contributed by atoms with Gasteiger partial charge in [0.25, 0.3) is 11.5 Å². The van der Waals surface area contributed by atoms with Crippen molar-refractivity contribution < 1.29 is 13.9 Å². The van der Waals surface area contributed by atoms with Crippen LogP contribution in [0.15, 0.2) is 45.8 Å². The molecule has 0 aliphatic carbocycles. The number of fused-ring (bicyclic) bond motifs is 1. The molecule has 1 N–H and O–H groups in total. The molecule has 11 heteroatoms. The summed E-state index contributed by atoms with van der Waals surface area (Å²) in [4.78, 5) is 33.4. The van der Waals surface area contributed by atoms with Gasteiger partial charge in [0.1, 0.15) is 6.04 Å². The highest BCUT2D eigenvalue weighted by Crippen LogP contribution is 2.29. The minimum Gasteiger partial charge on any atom is -0.459 e. The zero-order chi connectivity index (χ0) is 26.2. The Morgan fingerprint density at radius 1 is 1.16 bits per heavy atom. The molecule has 2 saturated heterocycles. The Hall–Kier alpha value is -3.83. The van der Waals surface area contributed by atoms with Gasteiger partial charge in [-0.05, 0) is 84.0 Å². The fourth-order valence-corrected chi connectivity index (χ4v) is 5.45. The highest BCUT2D eigenvalue weighted by atomic mass is 16.5. The van der Waals surface area contributed by atoms with Gasteiger partial charge in [-0.15, -0.1) is 5.10 Å². The Bertz CT molecular complexity index is 1500. The van der Waals surface area contributed by atoms with E-state index in [2.05, 4.69) is 38.4 Å². The van der Waals surface area contributed by atoms with Crippen molar-refractivity contribution in [2.24, 2.45) is 0 Å². The highest BCUT2D eigenvalue weighted by molar-refractivity contribution is 5.91. The molecule has 2 aliphatic rings. The number of H-pyrrole nitrogens is 1. The lowest BCUT2D eigenvalue weighted by atomic mass is 10.00. The predicted octanol–water partition coefficient (Wildman–Crippen LogP) is 2.45. The number of carbonyl (C=O) groups is 1. The van der Waals surface area contributed by atoms with Gasteiger partial charge in [0, 0.05) is 43.9 Å². The number of hydrogen-bond donors (Lipinski definition) is 1. The van der Waals surface area contributed by atoms with Crippen molar-refractivity contribution in [1.82, 2.24) is 35.0 Å². The number of amides is 1. The van der Waals surface area contributed by atoms with Crippen molar-refractivity contribution in [3.8, 4) is 0 Å². The second-order valence-corrected chi connectivity index (χ2v) is 10.1. The van der Waals surface area contributed by atoms with Crippen LogP contribution in [-0.4, -0.2) is 79.8 Å². The van der Waals surface area contributed by atoms with E-state index in [0.717, 1.165) is 41.5 Å². The fourth-order valence-electron chi connectivity index (χ4n) is 5.45. The van der Waals surface area contributed by atoms with Gasteiger partial charge in [0.15, 0.2) is 11.6 Å². The van der Waals surface area contributed by atoms with Gasteiger partial charge in [-0.3, -0.25) is 14.5 Å². The average molecular weight is 518 g/mol. The third-order valence-electron chi connectivity index (χ3n) is 7.69. The Kier molecular flexibility index (Phi) is 6.54. The molecule has 0 bridgehead atoms. The van der Waals surface area contributed by atoms with Crippen molar-refractivity contribution in [3.63, 3.8) is 0 Å². The van der Waals surface area contributed by atoms with E-state index in [4.69, 9.17) is 9.15 Å². The number of ether oxygens (including phenoxy) is 1. The molecule has 0 unspecified atom stereocenters. The lowest BCUT2D eigenvalue weighted by molar-refractivity contribution is 0.0550. The van der Waals surface area contributed by atoms with Crippen LogP contribution in [-0.2, 0) is 11.3 Å². The van der Waals surface area contributed by atoms with Crippen LogP contribution in [0.3, 0.4) is 0 Å². The van der Waals surface area contributed by atoms with E-state index in [1.54, 1.807) is 21.7 Å². The quantitative estimate of drug-likeness (QED) is 0.414. The summed E-state index contributed by atoms with van der Waals surface area (Å²) in [6.45, 7) is 7.45. The smallest absolute Gasteiger partial charge is 0.289 e. The number of nitrogens with zero attached hydrogens (tertiary/aromatic N) is 6. The summed E-state index contributed by atoms with van der Waals surface area (Å²) in [5.41, 5.74) is 3.48. The van der Waals surface area contributed by atoms with Gasteiger partial charge in [0.05, 0.1) is 18.9 Å². The summed E-state index contributed by atoms with van der Waals surface area (Å²) < 4.78 is 12.9. The molecule has 5 heterocycles. The van der Waals surface area contributed by atoms with Crippen molar-refractivity contribution >= 4 is 16.8 Å². The fraction of sp³-hybridized carbons (Fsp3) is 0.444. The minimum atomic E-state index is -0.484. The number of rotatable bonds is 6. The summed E-state index contributed by atoms with van der Waals surface area (Å²) in [5.74, 6) is 0.788. The Balaban J connectivity index is 1.36. The van der Waals surface area contributed by atoms with E-state index in [9.17, 15) is 9.59 Å². The molecule has 2 fully saturated rings. The maximum atomic E-state index is 13.5. The first-order valence-electron chi connectivity index (χ1n) is 13.1. The molecular formula is C27H31N7O4. The standard InChI is InChI=1S/C27H31N7O4/c1-17-13-19-15-21(26(35)28-22(19)14-18(17)2)24(25-29-30-31-34(25)16-20-5-3-11-37-20)32-7-9-33(10-8-32)27(36)23-6-4-12-38-23/h4,6,12-15,20,24H,3,5,7-11,16H2,1-2H3,(H,28,35)/t20-,24+/m0/s1. The Morgan fingerprint density at radius 2 is 1.97 bits per heavy atom. The van der Waals surface area contributed by atoms with Gasteiger partial charge >= 0.3 is 0 Å². The molecule has 3 aromatic heterocycles. The van der Waals surface area contributed by atoms with Gasteiger partial charge in [0.2, 0.25) is 0 Å². The first-order valence-corrected chi connectivity index (χ1v) is 13.1. The molecule has 0 radical (unpaired) electrons. The summed E-state index contributed by atoms with van der Waals surface area (Å²) in [6.07, 6.45) is 3.51. The predicted molar refractivity (Wildman–Crippen MR) is 139 cm³/mol. The van der Waals surface area contributed by atoms with Crippen molar-refractivity contribution in [2.45, 2.75) is 45.4 Å². The molecule has 4 aromatic rings. The number of hydrogen-bond acceptors (Lipinski definition) is 8. The zero-order valence-corrected chi connectivity index (χ0v) is 21.6. The second-order valence-electron chi connectivity index (χ2n) is 10.1. The Morgan fingerprint density at radius 3 is 2.71 bits per heavy atom. The van der Waals surface area contributed by atoms with Crippen LogP contribution in [0.4, 0.5) is 0 Å². The first kappa shape index (κ1) is 24.5. The van der Waals surface area contributed by atoms with Gasteiger partial charge in [-0.1, -0.05) is 0 Å². The Labute approximate surface area is 219 Å². The number of aromatic amines is 1. The van der Waals surface area contributed by atoms with E-state index < -0.39 is 6.04 Å². The average Bonchev–Trinajstić information content (AvgIpc) is 3.70. The number of piperazine rings is 1. The van der Waals surface area contributed by atoms with Crippen LogP contribution in [0.1, 0.15) is 52.0 Å². The van der Waals surface area contributed by atoms with E-state index in [1.165, 1.54) is 6.26 Å². The van der Waals surface area contributed by atoms with Crippen LogP contribution < -0.4 is 5.56 Å². The molecule has 11 nitrogen and oxygen atoms in total. The van der Waals surface area contributed by atoms with Crippen LogP contribution >= 0.6 is 0 Å². The lowest BCUT2D eigenvalue weighted by Gasteiger charge is -2.38. The lowest BCUT2D eigenvalue weighted by Crippen LogP contribution is -2.50. The zero-order valence-electron chi connectivity index (χ0n) is 21.6. The SMILES string of the molecule is Cc1cc2cc([C@H](c3nnnn3C[C@@H]3CCCO3)N3CCN(C(=O)c4ccco4)CC3)c(=O)[nH]c2cc1C. The topological polar surface area (TPSA) is 122 Å². The van der Waals surface area contributed by atoms with Crippen LogP contribution in [0, 0.1) is 13.8 Å². The molecule has 198 valence electrons. The molecule has 38 heavy (non-hydrogen) atoms. The molecule has 0 saturated carbocycles. The van der Waals surface area contributed by atoms with E-state index in [1.807, 2.05) is 19.1 Å². The number of aryl methyl sites for hydroxylation is 2. The van der Waals surface area contributed by atoms with Gasteiger partial charge in [-0.25, -0.2) is 4.68 Å². The molecule has 1 amide bonds. The van der Waals surface area contributed by atoms with Crippen LogP contribution in [0.25, 0.3) is 10.9 Å². The third-order valence-corrected chi connectivity index (χ3v) is 7.69. The monoisotopic (exact) mass is 517 g/mol. The molecule has 2 aliphatic heterocycles. The number of nitrogens with one attached hydrogen (secondary N) is 1. The number of pyridine rings is 1. The largest absolute Gasteiger partial charge is 0.459 e. The van der Waals surface area contributed by atoms with Crippen molar-refractivity contribution in [3.05, 3.63) is 75.2 Å². The first-order chi connectivity index (χ1) is 18.5. The number of furan rings is 1. The van der Waals surface area contributed by atoms with Gasteiger partial charge < -0.3 is 19.0 Å². The number of tetrazole rings is 1. The minimum absolute atomic E-state index is 0.0428. The maximum absolute atomic E-state index is 13.5. The second kappa shape index (κ2) is 10.1. The molecular weight excluding hydrogens is 486 g/mol. The third kappa shape index (κ3) is 4.63. The van der Waals surface area contributed by atoms with Crippen LogP contribution in [0.2, 0.25) is 0 Å². The van der Waals surface area contributed by atoms with E-state index >= 15 is 0 Å². The number of benzene rings is 1. The van der Waals surface area contributed by atoms with Crippen molar-refractivity contribution in [1.29, 1.82) is 0 Å². The number of aromatic nitrogens is 5. The van der Waals surface area contributed by atoms with E-state index in [0.29, 0.717) is 49.9 Å². The molecule has 6 rings (SSSR count). The summed E-state index contributed by atoms with van der Waals surface area (Å²) in [5, 5.41) is 13.6. The normalized spacial score (nSPS) is 19.3. The van der Waals surface area contributed by atoms with Gasteiger partial charge in [-0.2, -0.15) is 0 Å². The van der Waals surface area contributed by atoms with Crippen LogP contribution in [0.5, 0.6) is 0 Å². The van der Waals surface area contributed by atoms with Crippen molar-refractivity contribution in [2.75, 3.05) is 32.8 Å². The summed E-state index contributed by atoms with van der Waals surface area (Å²) in [7, 11) is 0. The molecule has 2 atom stereocenters. The molecule has 0 spiro atoms. The van der Waals surface area contributed by atoms with E-state index in [-0.39, 0.29) is 17.6 Å². The highest BCUT2D eigenvalue weighted by Gasteiger charge is 2.34. The summed E-state index contributed by atoms with van der Waals surface area (Å²) in [6, 6.07) is 8.96. The number of carbonyl (C=O) groups excluding carboxylic acids is 1. The maximum Gasteiger partial charge on any atom is 0.289 e. The summed E-state index contributed by atoms with van der Waals surface area (Å²) >= 11 is 0. The molecule has 1 aromatic carbocycles.